The van der Waals surface area contributed by atoms with Crippen molar-refractivity contribution in [3.63, 3.8) is 0 Å². The van der Waals surface area contributed by atoms with Crippen molar-refractivity contribution in [3.8, 4) is 0 Å². The fourth-order valence-electron chi connectivity index (χ4n) is 3.64. The first-order valence-corrected chi connectivity index (χ1v) is 11.2. The molecular formula is C26H26N6O2. The standard InChI is InChI=1S/C26H26N6O2/c1-2-3-9-20-13-15-22(16-14-20)30-25-24(32(33)34)26(29-19-28-25)31(23-12-7-8-17-27-23)18-21-10-5-4-6-11-21/h4-8,10-17,19H,2-3,9,18H2,1H3,(H,28,29,30). The minimum Gasteiger partial charge on any atom is -0.334 e. The highest BCUT2D eigenvalue weighted by atomic mass is 16.6. The minimum absolute atomic E-state index is 0.130. The van der Waals surface area contributed by atoms with Crippen LogP contribution in [0.5, 0.6) is 0 Å². The number of anilines is 4. The van der Waals surface area contributed by atoms with Crippen LogP contribution in [-0.2, 0) is 13.0 Å². The number of benzene rings is 2. The zero-order chi connectivity index (χ0) is 23.8. The summed E-state index contributed by atoms with van der Waals surface area (Å²) < 4.78 is 0. The summed E-state index contributed by atoms with van der Waals surface area (Å²) in [7, 11) is 0. The molecule has 0 saturated heterocycles. The Morgan fingerprint density at radius 2 is 1.68 bits per heavy atom. The Morgan fingerprint density at radius 1 is 0.912 bits per heavy atom. The number of unbranched alkanes of at least 4 members (excludes halogenated alkanes) is 1. The summed E-state index contributed by atoms with van der Waals surface area (Å²) >= 11 is 0. The first-order valence-electron chi connectivity index (χ1n) is 11.2. The van der Waals surface area contributed by atoms with Crippen molar-refractivity contribution < 1.29 is 4.92 Å². The Bertz CT molecular complexity index is 1220. The van der Waals surface area contributed by atoms with Crippen LogP contribution >= 0.6 is 0 Å². The van der Waals surface area contributed by atoms with Gasteiger partial charge in [0.1, 0.15) is 12.1 Å². The highest BCUT2D eigenvalue weighted by Crippen LogP contribution is 2.37. The molecule has 0 aliphatic rings. The molecule has 2 aromatic carbocycles. The predicted molar refractivity (Wildman–Crippen MR) is 134 cm³/mol. The van der Waals surface area contributed by atoms with E-state index < -0.39 is 4.92 Å². The second kappa shape index (κ2) is 11.0. The molecule has 4 aromatic rings. The van der Waals surface area contributed by atoms with Crippen molar-refractivity contribution in [1.29, 1.82) is 0 Å². The predicted octanol–water partition coefficient (Wildman–Crippen LogP) is 6.20. The molecule has 8 heteroatoms. The van der Waals surface area contributed by atoms with E-state index >= 15 is 0 Å². The molecule has 1 N–H and O–H groups in total. The van der Waals surface area contributed by atoms with Gasteiger partial charge in [-0.3, -0.25) is 10.1 Å². The van der Waals surface area contributed by atoms with E-state index in [9.17, 15) is 10.1 Å². The number of aryl methyl sites for hydroxylation is 1. The number of nitrogens with one attached hydrogen (secondary N) is 1. The Balaban J connectivity index is 1.71. The van der Waals surface area contributed by atoms with E-state index in [4.69, 9.17) is 0 Å². The molecule has 0 saturated carbocycles. The monoisotopic (exact) mass is 454 g/mol. The molecule has 0 unspecified atom stereocenters. The molecule has 4 rings (SSSR count). The molecule has 0 spiro atoms. The van der Waals surface area contributed by atoms with Gasteiger partial charge < -0.3 is 10.2 Å². The van der Waals surface area contributed by atoms with Gasteiger partial charge in [-0.15, -0.1) is 0 Å². The van der Waals surface area contributed by atoms with Crippen LogP contribution in [-0.4, -0.2) is 19.9 Å². The van der Waals surface area contributed by atoms with Crippen LogP contribution in [0.3, 0.4) is 0 Å². The van der Waals surface area contributed by atoms with E-state index in [2.05, 4.69) is 27.2 Å². The Morgan fingerprint density at radius 3 is 2.35 bits per heavy atom. The van der Waals surface area contributed by atoms with Crippen LogP contribution in [0.15, 0.2) is 85.3 Å². The Labute approximate surface area is 198 Å². The summed E-state index contributed by atoms with van der Waals surface area (Å²) in [6.07, 6.45) is 6.25. The Kier molecular flexibility index (Phi) is 7.39. The zero-order valence-corrected chi connectivity index (χ0v) is 19.0. The lowest BCUT2D eigenvalue weighted by Crippen LogP contribution is -2.21. The molecule has 0 amide bonds. The third-order valence-corrected chi connectivity index (χ3v) is 5.39. The summed E-state index contributed by atoms with van der Waals surface area (Å²) in [6.45, 7) is 2.52. The lowest BCUT2D eigenvalue weighted by atomic mass is 10.1. The SMILES string of the molecule is CCCCc1ccc(Nc2ncnc(N(Cc3ccccc3)c3ccccn3)c2[N+](=O)[O-])cc1. The largest absolute Gasteiger partial charge is 0.354 e. The fourth-order valence-corrected chi connectivity index (χ4v) is 3.64. The average molecular weight is 455 g/mol. The number of pyridine rings is 1. The van der Waals surface area contributed by atoms with E-state index in [0.29, 0.717) is 12.4 Å². The molecule has 172 valence electrons. The van der Waals surface area contributed by atoms with Crippen LogP contribution in [0.4, 0.5) is 28.8 Å². The van der Waals surface area contributed by atoms with E-state index in [1.54, 1.807) is 23.2 Å². The van der Waals surface area contributed by atoms with Gasteiger partial charge in [0.25, 0.3) is 0 Å². The summed E-state index contributed by atoms with van der Waals surface area (Å²) in [4.78, 5) is 26.5. The maximum atomic E-state index is 12.2. The van der Waals surface area contributed by atoms with Crippen LogP contribution in [0, 0.1) is 10.1 Å². The van der Waals surface area contributed by atoms with Crippen LogP contribution < -0.4 is 10.2 Å². The number of rotatable bonds is 10. The minimum atomic E-state index is -0.450. The van der Waals surface area contributed by atoms with Crippen LogP contribution in [0.2, 0.25) is 0 Å². The number of nitrogens with zero attached hydrogens (tertiary/aromatic N) is 5. The number of hydrogen-bond donors (Lipinski definition) is 1. The summed E-state index contributed by atoms with van der Waals surface area (Å²) in [5.74, 6) is 0.856. The molecule has 8 nitrogen and oxygen atoms in total. The second-order valence-electron chi connectivity index (χ2n) is 7.84. The van der Waals surface area contributed by atoms with Crippen molar-refractivity contribution in [2.45, 2.75) is 32.7 Å². The highest BCUT2D eigenvalue weighted by molar-refractivity contribution is 5.77. The number of aromatic nitrogens is 3. The lowest BCUT2D eigenvalue weighted by Gasteiger charge is -2.23. The van der Waals surface area contributed by atoms with E-state index in [0.717, 1.165) is 30.5 Å². The summed E-state index contributed by atoms with van der Waals surface area (Å²) in [5, 5.41) is 15.3. The van der Waals surface area contributed by atoms with Crippen molar-refractivity contribution in [1.82, 2.24) is 15.0 Å². The quantitative estimate of drug-likeness (QED) is 0.225. The van der Waals surface area contributed by atoms with Gasteiger partial charge in [0, 0.05) is 11.9 Å². The molecule has 0 atom stereocenters. The maximum Gasteiger partial charge on any atom is 0.354 e. The molecule has 34 heavy (non-hydrogen) atoms. The molecule has 0 aliphatic carbocycles. The smallest absolute Gasteiger partial charge is 0.334 e. The molecule has 2 aromatic heterocycles. The normalized spacial score (nSPS) is 10.6. The van der Waals surface area contributed by atoms with Crippen LogP contribution in [0.1, 0.15) is 30.9 Å². The zero-order valence-electron chi connectivity index (χ0n) is 19.0. The van der Waals surface area contributed by atoms with Gasteiger partial charge in [0.15, 0.2) is 0 Å². The third kappa shape index (κ3) is 5.53. The molecule has 2 heterocycles. The first-order chi connectivity index (χ1) is 16.7. The number of nitro groups is 1. The lowest BCUT2D eigenvalue weighted by molar-refractivity contribution is -0.383. The molecule has 0 fully saturated rings. The van der Waals surface area contributed by atoms with Crippen molar-refractivity contribution in [3.05, 3.63) is 107 Å². The molecule has 0 aliphatic heterocycles. The maximum absolute atomic E-state index is 12.2. The van der Waals surface area contributed by atoms with Crippen molar-refractivity contribution in [2.75, 3.05) is 10.2 Å². The van der Waals surface area contributed by atoms with Gasteiger partial charge in [0.2, 0.25) is 11.6 Å². The van der Waals surface area contributed by atoms with Gasteiger partial charge in [-0.1, -0.05) is 61.9 Å². The van der Waals surface area contributed by atoms with E-state index in [-0.39, 0.29) is 17.3 Å². The third-order valence-electron chi connectivity index (χ3n) is 5.39. The van der Waals surface area contributed by atoms with E-state index in [1.807, 2.05) is 60.7 Å². The summed E-state index contributed by atoms with van der Waals surface area (Å²) in [5.41, 5.74) is 2.72. The average Bonchev–Trinajstić information content (AvgIpc) is 2.88. The van der Waals surface area contributed by atoms with Crippen molar-refractivity contribution in [2.24, 2.45) is 0 Å². The van der Waals surface area contributed by atoms with Gasteiger partial charge in [-0.2, -0.15) is 0 Å². The topological polar surface area (TPSA) is 97.1 Å². The van der Waals surface area contributed by atoms with Gasteiger partial charge in [0.05, 0.1) is 11.5 Å². The molecular weight excluding hydrogens is 428 g/mol. The van der Waals surface area contributed by atoms with Crippen LogP contribution in [0.25, 0.3) is 0 Å². The van der Waals surface area contributed by atoms with Gasteiger partial charge in [-0.25, -0.2) is 15.0 Å². The van der Waals surface area contributed by atoms with Crippen molar-refractivity contribution >= 4 is 28.8 Å². The van der Waals surface area contributed by atoms with Gasteiger partial charge >= 0.3 is 5.69 Å². The first kappa shape index (κ1) is 22.8. The summed E-state index contributed by atoms with van der Waals surface area (Å²) in [6, 6.07) is 23.0. The molecule has 0 bridgehead atoms. The molecule has 0 radical (unpaired) electrons. The number of hydrogen-bond acceptors (Lipinski definition) is 7. The van der Waals surface area contributed by atoms with E-state index in [1.165, 1.54) is 11.9 Å². The fraction of sp³-hybridized carbons (Fsp3) is 0.192. The second-order valence-corrected chi connectivity index (χ2v) is 7.84. The van der Waals surface area contributed by atoms with Gasteiger partial charge in [-0.05, 0) is 48.2 Å². The Hall–Kier alpha value is -4.33. The highest BCUT2D eigenvalue weighted by Gasteiger charge is 2.29.